The molecule has 0 saturated heterocycles. The summed E-state index contributed by atoms with van der Waals surface area (Å²) in [7, 11) is -2.02. The number of carbonyl (C=O) groups is 3. The molecule has 2 aromatic carbocycles. The predicted octanol–water partition coefficient (Wildman–Crippen LogP) is 4.49. The molecular weight excluding hydrogens is 506 g/mol. The summed E-state index contributed by atoms with van der Waals surface area (Å²) in [4.78, 5) is 36.9. The van der Waals surface area contributed by atoms with Gasteiger partial charge in [-0.25, -0.2) is 4.79 Å². The Balaban J connectivity index is 1.92. The van der Waals surface area contributed by atoms with E-state index in [4.69, 9.17) is 14.0 Å². The standard InChI is InChI=1S/C27H37N3O7Si/c1-7-35-24(32)18-36-22-14-12-20(13-15-22)25(33)23(17-31)29-26(34)21-10-8-19(9-11-21)16-28-30-37-38(5,6)27(2,3)4/h8-15,23,31H,7,16-18H2,1-6H3,(H,29,34)/t23-/m0/s1. The molecule has 2 N–H and O–H groups in total. The maximum atomic E-state index is 12.8. The fourth-order valence-corrected chi connectivity index (χ4v) is 3.37. The fourth-order valence-electron chi connectivity index (χ4n) is 2.84. The third-order valence-corrected chi connectivity index (χ3v) is 10.4. The molecule has 2 rings (SSSR count). The Labute approximate surface area is 224 Å². The second-order valence-electron chi connectivity index (χ2n) is 10.1. The van der Waals surface area contributed by atoms with E-state index < -0.39 is 38.6 Å². The Hall–Kier alpha value is -3.57. The van der Waals surface area contributed by atoms with Gasteiger partial charge in [-0.15, -0.1) is 0 Å². The molecule has 0 spiro atoms. The van der Waals surface area contributed by atoms with Crippen molar-refractivity contribution in [2.24, 2.45) is 10.4 Å². The zero-order chi connectivity index (χ0) is 28.3. The first-order chi connectivity index (χ1) is 17.9. The van der Waals surface area contributed by atoms with Crippen LogP contribution in [0.1, 0.15) is 54.0 Å². The number of hydrogen-bond donors (Lipinski definition) is 2. The molecule has 0 aliphatic heterocycles. The van der Waals surface area contributed by atoms with Crippen LogP contribution in [-0.4, -0.2) is 56.9 Å². The topological polar surface area (TPSA) is 136 Å². The normalized spacial score (nSPS) is 12.6. The highest BCUT2D eigenvalue weighted by atomic mass is 28.4. The van der Waals surface area contributed by atoms with E-state index in [0.717, 1.165) is 5.56 Å². The van der Waals surface area contributed by atoms with Crippen molar-refractivity contribution in [3.8, 4) is 5.75 Å². The largest absolute Gasteiger partial charge is 0.482 e. The van der Waals surface area contributed by atoms with Crippen LogP contribution in [-0.2, 0) is 20.6 Å². The van der Waals surface area contributed by atoms with Crippen molar-refractivity contribution in [1.82, 2.24) is 5.32 Å². The Morgan fingerprint density at radius 1 is 1.00 bits per heavy atom. The summed E-state index contributed by atoms with van der Waals surface area (Å²) in [6.45, 7) is 12.0. The van der Waals surface area contributed by atoms with Gasteiger partial charge < -0.3 is 24.4 Å². The zero-order valence-electron chi connectivity index (χ0n) is 22.8. The molecule has 0 radical (unpaired) electrons. The molecule has 206 valence electrons. The molecule has 2 aromatic rings. The molecule has 0 aromatic heterocycles. The van der Waals surface area contributed by atoms with Gasteiger partial charge in [0.1, 0.15) is 11.8 Å². The number of rotatable bonds is 13. The molecule has 11 heteroatoms. The summed E-state index contributed by atoms with van der Waals surface area (Å²) in [6, 6.07) is 11.6. The SMILES string of the molecule is CCOC(=O)COc1ccc(C(=O)[C@H](CO)NC(=O)c2ccc(CN=NO[Si](C)(C)C(C)(C)C)cc2)cc1. The number of nitrogens with zero attached hydrogens (tertiary/aromatic N) is 2. The number of ether oxygens (including phenoxy) is 2. The molecule has 38 heavy (non-hydrogen) atoms. The Morgan fingerprint density at radius 3 is 2.16 bits per heavy atom. The molecule has 0 heterocycles. The maximum absolute atomic E-state index is 12.8. The van der Waals surface area contributed by atoms with E-state index in [1.165, 1.54) is 24.3 Å². The summed E-state index contributed by atoms with van der Waals surface area (Å²) in [6.07, 6.45) is 0. The first-order valence-electron chi connectivity index (χ1n) is 12.4. The summed E-state index contributed by atoms with van der Waals surface area (Å²) >= 11 is 0. The van der Waals surface area contributed by atoms with Gasteiger partial charge in [-0.1, -0.05) is 32.9 Å². The van der Waals surface area contributed by atoms with Crippen molar-refractivity contribution in [3.63, 3.8) is 0 Å². The van der Waals surface area contributed by atoms with Crippen LogP contribution in [0.15, 0.2) is 58.9 Å². The van der Waals surface area contributed by atoms with Crippen LogP contribution >= 0.6 is 0 Å². The van der Waals surface area contributed by atoms with Crippen molar-refractivity contribution in [2.75, 3.05) is 19.8 Å². The summed E-state index contributed by atoms with van der Waals surface area (Å²) in [5.74, 6) is -1.08. The Kier molecular flexibility index (Phi) is 11.1. The summed E-state index contributed by atoms with van der Waals surface area (Å²) in [5.41, 5.74) is 1.44. The number of nitrogens with one attached hydrogen (secondary N) is 1. The van der Waals surface area contributed by atoms with Gasteiger partial charge in [-0.05, 0) is 67.0 Å². The van der Waals surface area contributed by atoms with Crippen LogP contribution in [0, 0.1) is 0 Å². The molecular formula is C27H37N3O7Si. The van der Waals surface area contributed by atoms with Gasteiger partial charge in [0, 0.05) is 16.4 Å². The molecule has 0 unspecified atom stereocenters. The van der Waals surface area contributed by atoms with E-state index in [1.54, 1.807) is 31.2 Å². The lowest BCUT2D eigenvalue weighted by atomic mass is 10.0. The van der Waals surface area contributed by atoms with E-state index in [9.17, 15) is 19.5 Å². The second-order valence-corrected chi connectivity index (χ2v) is 14.8. The molecule has 0 saturated carbocycles. The number of ketones is 1. The lowest BCUT2D eigenvalue weighted by molar-refractivity contribution is -0.145. The Morgan fingerprint density at radius 2 is 1.61 bits per heavy atom. The minimum atomic E-state index is -2.02. The van der Waals surface area contributed by atoms with Crippen molar-refractivity contribution in [3.05, 3.63) is 65.2 Å². The van der Waals surface area contributed by atoms with Crippen molar-refractivity contribution in [1.29, 1.82) is 0 Å². The average molecular weight is 544 g/mol. The number of aliphatic hydroxyl groups is 1. The number of Topliss-reactive ketones (excluding diaryl/α,β-unsaturated/α-hetero) is 1. The molecule has 1 amide bonds. The van der Waals surface area contributed by atoms with Gasteiger partial charge in [-0.2, -0.15) is 5.11 Å². The first-order valence-corrected chi connectivity index (χ1v) is 15.3. The van der Waals surface area contributed by atoms with Gasteiger partial charge in [0.05, 0.1) is 19.8 Å². The van der Waals surface area contributed by atoms with Gasteiger partial charge in [0.15, 0.2) is 12.4 Å². The fraction of sp³-hybridized carbons (Fsp3) is 0.444. The van der Waals surface area contributed by atoms with Gasteiger partial charge in [0.2, 0.25) is 0 Å². The van der Waals surface area contributed by atoms with Gasteiger partial charge in [0.25, 0.3) is 14.2 Å². The highest BCUT2D eigenvalue weighted by Gasteiger charge is 2.40. The third-order valence-electron chi connectivity index (χ3n) is 6.21. The summed E-state index contributed by atoms with van der Waals surface area (Å²) < 4.78 is 15.8. The zero-order valence-corrected chi connectivity index (χ0v) is 23.8. The van der Waals surface area contributed by atoms with E-state index in [0.29, 0.717) is 17.9 Å². The van der Waals surface area contributed by atoms with Crippen LogP contribution in [0.4, 0.5) is 0 Å². The number of aliphatic hydroxyl groups excluding tert-OH is 1. The lowest BCUT2D eigenvalue weighted by Crippen LogP contribution is -2.43. The second kappa shape index (κ2) is 13.8. The third kappa shape index (κ3) is 9.07. The number of esters is 1. The number of carbonyl (C=O) groups excluding carboxylic acids is 3. The van der Waals surface area contributed by atoms with E-state index in [1.807, 2.05) is 0 Å². The Bertz CT molecular complexity index is 1110. The average Bonchev–Trinajstić information content (AvgIpc) is 2.88. The molecule has 10 nitrogen and oxygen atoms in total. The van der Waals surface area contributed by atoms with Gasteiger partial charge in [-0.3, -0.25) is 9.59 Å². The predicted molar refractivity (Wildman–Crippen MR) is 145 cm³/mol. The number of amides is 1. The lowest BCUT2D eigenvalue weighted by Gasteiger charge is -2.32. The van der Waals surface area contributed by atoms with E-state index in [-0.39, 0.29) is 23.8 Å². The van der Waals surface area contributed by atoms with Gasteiger partial charge >= 0.3 is 5.97 Å². The monoisotopic (exact) mass is 543 g/mol. The maximum Gasteiger partial charge on any atom is 0.344 e. The number of hydrogen-bond acceptors (Lipinski definition) is 9. The highest BCUT2D eigenvalue weighted by Crippen LogP contribution is 2.36. The van der Waals surface area contributed by atoms with Crippen molar-refractivity contribution < 1.29 is 33.5 Å². The van der Waals surface area contributed by atoms with Crippen LogP contribution < -0.4 is 10.1 Å². The molecule has 0 aliphatic rings. The van der Waals surface area contributed by atoms with Crippen LogP contribution in [0.25, 0.3) is 0 Å². The van der Waals surface area contributed by atoms with Crippen molar-refractivity contribution >= 4 is 26.0 Å². The minimum absolute atomic E-state index is 0.0259. The molecule has 0 bridgehead atoms. The van der Waals surface area contributed by atoms with Crippen LogP contribution in [0.3, 0.4) is 0 Å². The smallest absolute Gasteiger partial charge is 0.344 e. The number of benzene rings is 2. The van der Waals surface area contributed by atoms with Crippen molar-refractivity contribution in [2.45, 2.75) is 58.4 Å². The quantitative estimate of drug-likeness (QED) is 0.125. The molecule has 0 aliphatic carbocycles. The summed E-state index contributed by atoms with van der Waals surface area (Å²) in [5, 5.41) is 20.3. The van der Waals surface area contributed by atoms with E-state index in [2.05, 4.69) is 49.6 Å². The van der Waals surface area contributed by atoms with Crippen LogP contribution in [0.5, 0.6) is 5.75 Å². The van der Waals surface area contributed by atoms with E-state index >= 15 is 0 Å². The minimum Gasteiger partial charge on any atom is -0.482 e. The highest BCUT2D eigenvalue weighted by molar-refractivity contribution is 6.74. The first kappa shape index (κ1) is 30.6. The molecule has 0 fully saturated rings. The molecule has 1 atom stereocenters. The van der Waals surface area contributed by atoms with Crippen LogP contribution in [0.2, 0.25) is 18.1 Å².